The van der Waals surface area contributed by atoms with Gasteiger partial charge in [0.2, 0.25) is 0 Å². The predicted molar refractivity (Wildman–Crippen MR) is 244 cm³/mol. The van der Waals surface area contributed by atoms with Crippen LogP contribution in [0.1, 0.15) is 75.8 Å². The molecule has 11 nitrogen and oxygen atoms in total. The van der Waals surface area contributed by atoms with Gasteiger partial charge in [-0.1, -0.05) is 38.1 Å². The predicted octanol–water partition coefficient (Wildman–Crippen LogP) is 13.3. The number of nitrogens with one attached hydrogen (secondary N) is 1. The average molecular weight is 981 g/mol. The van der Waals surface area contributed by atoms with Crippen molar-refractivity contribution in [2.45, 2.75) is 68.3 Å². The van der Waals surface area contributed by atoms with Crippen molar-refractivity contribution in [2.75, 3.05) is 0 Å². The lowest BCUT2D eigenvalue weighted by Gasteiger charge is -2.18. The second-order valence-electron chi connectivity index (χ2n) is 15.3. The number of fused-ring (bicyclic) bond motifs is 2. The van der Waals surface area contributed by atoms with Gasteiger partial charge in [-0.25, -0.2) is 14.8 Å². The molecule has 0 aliphatic carbocycles. The molecule has 4 aromatic heterocycles. The largest absolute Gasteiger partial charge is 0.484 e. The van der Waals surface area contributed by atoms with Crippen molar-refractivity contribution in [3.8, 4) is 26.9 Å². The van der Waals surface area contributed by atoms with Crippen LogP contribution < -0.4 is 4.74 Å². The average Bonchev–Trinajstić information content (AvgIpc) is 4.10. The summed E-state index contributed by atoms with van der Waals surface area (Å²) < 4.78 is 84.9. The van der Waals surface area contributed by atoms with Gasteiger partial charge in [-0.2, -0.15) is 26.3 Å². The van der Waals surface area contributed by atoms with Crippen molar-refractivity contribution in [2.24, 2.45) is 0 Å². The summed E-state index contributed by atoms with van der Waals surface area (Å²) in [4.78, 5) is 48.2. The molecule has 67 heavy (non-hydrogen) atoms. The summed E-state index contributed by atoms with van der Waals surface area (Å²) in [5.74, 6) is -2.01. The summed E-state index contributed by atoms with van der Waals surface area (Å²) in [6.07, 6.45) is -6.71. The minimum absolute atomic E-state index is 0.0165. The third-order valence-corrected chi connectivity index (χ3v) is 13.6. The third kappa shape index (κ3) is 11.9. The van der Waals surface area contributed by atoms with Crippen LogP contribution in [0.5, 0.6) is 5.75 Å². The van der Waals surface area contributed by atoms with Crippen LogP contribution in [0.2, 0.25) is 0 Å². The second kappa shape index (κ2) is 20.1. The Kier molecular flexibility index (Phi) is 14.5. The smallest absolute Gasteiger partial charge is 0.416 e. The number of hydrogen-bond donors (Lipinski definition) is 4. The minimum Gasteiger partial charge on any atom is -0.484 e. The molecule has 0 aliphatic rings. The lowest BCUT2D eigenvalue weighted by Crippen LogP contribution is -2.14. The highest BCUT2D eigenvalue weighted by Crippen LogP contribution is 2.40. The molecule has 0 fully saturated rings. The minimum atomic E-state index is -4.50. The van der Waals surface area contributed by atoms with Crippen LogP contribution in [0, 0.1) is 0 Å². The summed E-state index contributed by atoms with van der Waals surface area (Å²) in [7, 11) is 0. The Hall–Kier alpha value is -6.64. The van der Waals surface area contributed by atoms with Crippen LogP contribution >= 0.6 is 34.4 Å². The maximum atomic E-state index is 12.9. The van der Waals surface area contributed by atoms with E-state index >= 15 is 0 Å². The van der Waals surface area contributed by atoms with Crippen LogP contribution in [0.3, 0.4) is 0 Å². The van der Waals surface area contributed by atoms with Crippen LogP contribution in [-0.2, 0) is 34.2 Å². The summed E-state index contributed by atoms with van der Waals surface area (Å²) in [6, 6.07) is 24.1. The van der Waals surface area contributed by atoms with Gasteiger partial charge >= 0.3 is 30.3 Å². The number of nitrogens with zero attached hydrogens (tertiary/aromatic N) is 3. The van der Waals surface area contributed by atoms with Gasteiger partial charge in [0.25, 0.3) is 0 Å². The molecule has 20 heteroatoms. The van der Waals surface area contributed by atoms with E-state index < -0.39 is 47.5 Å². The number of carboxylic acids is 3. The van der Waals surface area contributed by atoms with Crippen molar-refractivity contribution in [1.29, 1.82) is 0 Å². The first-order valence-electron chi connectivity index (χ1n) is 20.2. The normalized spacial score (nSPS) is 12.3. The number of aromatic nitrogens is 4. The van der Waals surface area contributed by atoms with E-state index in [-0.39, 0.29) is 40.9 Å². The molecule has 0 saturated heterocycles. The number of aromatic amines is 1. The number of thiazole rings is 2. The van der Waals surface area contributed by atoms with Gasteiger partial charge in [-0.15, -0.1) is 34.4 Å². The van der Waals surface area contributed by atoms with E-state index in [9.17, 15) is 45.8 Å². The van der Waals surface area contributed by atoms with E-state index in [4.69, 9.17) is 19.9 Å². The van der Waals surface area contributed by atoms with Gasteiger partial charge in [0.05, 0.1) is 16.8 Å². The first-order valence-corrected chi connectivity index (χ1v) is 22.8. The molecular formula is C47H38F6N4O7S3. The topological polar surface area (TPSA) is 168 Å². The van der Waals surface area contributed by atoms with E-state index in [0.29, 0.717) is 27.6 Å². The fourth-order valence-electron chi connectivity index (χ4n) is 6.95. The van der Waals surface area contributed by atoms with Crippen molar-refractivity contribution in [3.63, 3.8) is 0 Å². The molecule has 1 unspecified atom stereocenters. The molecule has 0 radical (unpaired) electrons. The Morgan fingerprint density at radius 3 is 1.96 bits per heavy atom. The number of aliphatic carboxylic acids is 2. The summed E-state index contributed by atoms with van der Waals surface area (Å²) in [5, 5.41) is 30.6. The van der Waals surface area contributed by atoms with Gasteiger partial charge in [0.1, 0.15) is 39.0 Å². The van der Waals surface area contributed by atoms with E-state index in [1.807, 2.05) is 30.3 Å². The van der Waals surface area contributed by atoms with E-state index in [0.717, 1.165) is 72.9 Å². The monoisotopic (exact) mass is 980 g/mol. The van der Waals surface area contributed by atoms with Gasteiger partial charge in [0, 0.05) is 73.7 Å². The molecule has 0 saturated carbocycles. The van der Waals surface area contributed by atoms with Gasteiger partial charge in [-0.3, -0.25) is 9.59 Å². The molecule has 4 aromatic carbocycles. The lowest BCUT2D eigenvalue weighted by atomic mass is 10.1. The zero-order valence-electron chi connectivity index (χ0n) is 35.2. The summed E-state index contributed by atoms with van der Waals surface area (Å²) >= 11 is 3.95. The number of thioether (sulfide) groups is 1. The number of H-pyrrole nitrogens is 1. The van der Waals surface area contributed by atoms with Gasteiger partial charge in [0.15, 0.2) is 0 Å². The Morgan fingerprint density at radius 2 is 1.37 bits per heavy atom. The Bertz CT molecular complexity index is 3050. The highest BCUT2D eigenvalue weighted by atomic mass is 32.2. The lowest BCUT2D eigenvalue weighted by molar-refractivity contribution is -0.138. The number of hydrogen-bond acceptors (Lipinski definition) is 9. The number of rotatable bonds is 15. The highest BCUT2D eigenvalue weighted by molar-refractivity contribution is 7.98. The molecule has 4 heterocycles. The molecule has 0 spiro atoms. The standard InChI is InChI=1S/C24H21F3N2O2S2.C23H17F3N2O5S/c1-14(2)22-20(33-23(28-22)15-3-5-17(6-4-15)24(25,26)27)13-32-18-7-8-19-16(11-18)9-10-29(19)12-21(30)31;24-23(25,26)14-3-1-12(2-4-14)21-28-19(20(34-21)22(31)32)17(7-8-18(29)30)33-15-5-6-16-13(11-15)9-10-27-16/h3-11,14H,12-13H2,1-2H3,(H,30,31);1-6,9-11,17,27H,7-8H2,(H,29,30)(H,31,32). The zero-order valence-corrected chi connectivity index (χ0v) is 37.6. The SMILES string of the molecule is CC(C)c1nc(-c2ccc(C(F)(F)F)cc2)sc1CSc1ccc2c(ccn2CC(=O)O)c1.O=C(O)CCC(Oc1ccc2[nH]ccc2c1)c1nc(-c2ccc(C(F)(F)F)cc2)sc1C(=O)O. The number of carbonyl (C=O) groups is 3. The van der Waals surface area contributed by atoms with Crippen LogP contribution in [0.4, 0.5) is 26.3 Å². The quantitative estimate of drug-likeness (QED) is 0.0573. The Morgan fingerprint density at radius 1 is 0.746 bits per heavy atom. The number of carboxylic acid groups (broad SMARTS) is 3. The van der Waals surface area contributed by atoms with Crippen molar-refractivity contribution >= 4 is 74.1 Å². The third-order valence-electron chi connectivity index (χ3n) is 10.2. The fourth-order valence-corrected chi connectivity index (χ4v) is 10.2. The fraction of sp³-hybridized carbons (Fsp3) is 0.213. The second-order valence-corrected chi connectivity index (χ2v) is 18.4. The molecule has 0 bridgehead atoms. The molecular weight excluding hydrogens is 943 g/mol. The molecule has 0 amide bonds. The number of halogens is 6. The van der Waals surface area contributed by atoms with Crippen LogP contribution in [0.25, 0.3) is 42.9 Å². The van der Waals surface area contributed by atoms with E-state index in [1.165, 1.54) is 35.6 Å². The first-order chi connectivity index (χ1) is 31.7. The van der Waals surface area contributed by atoms with Crippen LogP contribution in [-0.4, -0.2) is 52.7 Å². The number of aromatic carboxylic acids is 1. The van der Waals surface area contributed by atoms with Crippen LogP contribution in [0.15, 0.2) is 114 Å². The van der Waals surface area contributed by atoms with Crippen molar-refractivity contribution < 1.29 is 60.8 Å². The number of alkyl halides is 6. The van der Waals surface area contributed by atoms with E-state index in [2.05, 4.69) is 23.8 Å². The van der Waals surface area contributed by atoms with Gasteiger partial charge in [-0.05, 0) is 78.7 Å². The van der Waals surface area contributed by atoms with Crippen molar-refractivity contribution in [3.05, 3.63) is 142 Å². The summed E-state index contributed by atoms with van der Waals surface area (Å²) in [6.45, 7) is 4.02. The zero-order chi connectivity index (χ0) is 48.2. The van der Waals surface area contributed by atoms with Gasteiger partial charge < -0.3 is 29.6 Å². The summed E-state index contributed by atoms with van der Waals surface area (Å²) in [5.41, 5.74) is 2.17. The van der Waals surface area contributed by atoms with Crippen molar-refractivity contribution in [1.82, 2.24) is 19.5 Å². The maximum absolute atomic E-state index is 12.9. The molecule has 8 rings (SSSR count). The first kappa shape index (κ1) is 48.3. The highest BCUT2D eigenvalue weighted by Gasteiger charge is 2.32. The number of ether oxygens (including phenoxy) is 1. The molecule has 0 aliphatic heterocycles. The molecule has 1 atom stereocenters. The molecule has 348 valence electrons. The Balaban J connectivity index is 0.000000199. The number of benzene rings is 4. The molecule has 4 N–H and O–H groups in total. The maximum Gasteiger partial charge on any atom is 0.416 e. The molecule has 8 aromatic rings. The van der Waals surface area contributed by atoms with E-state index in [1.54, 1.807) is 46.9 Å². The Labute approximate surface area is 389 Å².